The number of carbonyl (C=O) groups excluding carboxylic acids is 3. The first-order chi connectivity index (χ1) is 14.2. The van der Waals surface area contributed by atoms with Crippen LogP contribution < -0.4 is 15.8 Å². The van der Waals surface area contributed by atoms with E-state index in [4.69, 9.17) is 5.14 Å². The lowest BCUT2D eigenvalue weighted by Gasteiger charge is -2.14. The van der Waals surface area contributed by atoms with Crippen LogP contribution in [0.2, 0.25) is 0 Å². The molecule has 0 unspecified atom stereocenters. The van der Waals surface area contributed by atoms with Crippen LogP contribution >= 0.6 is 15.9 Å². The maximum absolute atomic E-state index is 12.4. The highest BCUT2D eigenvalue weighted by atomic mass is 79.9. The minimum Gasteiger partial charge on any atom is -0.338 e. The summed E-state index contributed by atoms with van der Waals surface area (Å²) in [7, 11) is -3.75. The van der Waals surface area contributed by atoms with Crippen LogP contribution in [0.3, 0.4) is 0 Å². The van der Waals surface area contributed by atoms with Crippen LogP contribution in [0.4, 0.5) is 4.79 Å². The summed E-state index contributed by atoms with van der Waals surface area (Å²) in [5.74, 6) is -0.682. The number of halogens is 1. The highest BCUT2D eigenvalue weighted by molar-refractivity contribution is 9.10. The number of nitrogens with one attached hydrogen (secondary N) is 2. The van der Waals surface area contributed by atoms with Crippen LogP contribution in [-0.4, -0.2) is 44.3 Å². The van der Waals surface area contributed by atoms with E-state index in [1.807, 2.05) is 0 Å². The molecular formula is C19H19BrN4O5S. The summed E-state index contributed by atoms with van der Waals surface area (Å²) in [6.07, 6.45) is 0.406. The molecule has 0 radical (unpaired) electrons. The monoisotopic (exact) mass is 494 g/mol. The van der Waals surface area contributed by atoms with Crippen molar-refractivity contribution in [2.45, 2.75) is 17.9 Å². The molecule has 4 amide bonds. The number of benzene rings is 2. The lowest BCUT2D eigenvalue weighted by atomic mass is 10.1. The molecule has 2 aromatic rings. The zero-order valence-corrected chi connectivity index (χ0v) is 18.1. The number of nitrogens with two attached hydrogens (primary N) is 1. The van der Waals surface area contributed by atoms with Gasteiger partial charge in [0, 0.05) is 24.1 Å². The predicted octanol–water partition coefficient (Wildman–Crippen LogP) is 1.58. The highest BCUT2D eigenvalue weighted by Gasteiger charge is 2.34. The van der Waals surface area contributed by atoms with Gasteiger partial charge in [-0.25, -0.2) is 18.4 Å². The third-order valence-corrected chi connectivity index (χ3v) is 5.90. The fraction of sp³-hybridized carbons (Fsp3) is 0.211. The van der Waals surface area contributed by atoms with Gasteiger partial charge in [-0.3, -0.25) is 14.5 Å². The summed E-state index contributed by atoms with van der Waals surface area (Å²) < 4.78 is 23.2. The zero-order valence-electron chi connectivity index (χ0n) is 15.7. The van der Waals surface area contributed by atoms with Crippen LogP contribution in [0.1, 0.15) is 32.7 Å². The Morgan fingerprint density at radius 2 is 1.67 bits per heavy atom. The molecule has 9 nitrogen and oxygen atoms in total. The number of primary sulfonamides is 1. The average Bonchev–Trinajstić information content (AvgIpc) is 2.93. The number of hydrogen-bond donors (Lipinski definition) is 3. The summed E-state index contributed by atoms with van der Waals surface area (Å²) in [5, 5.41) is 10.3. The molecule has 1 aliphatic rings. The molecular weight excluding hydrogens is 476 g/mol. The summed E-state index contributed by atoms with van der Waals surface area (Å²) in [6.45, 7) is 0.663. The van der Waals surface area contributed by atoms with Crippen molar-refractivity contribution in [3.05, 3.63) is 63.6 Å². The number of fused-ring (bicyclic) bond motifs is 1. The standard InChI is InChI=1S/C19H19BrN4O5S/c20-13-4-7-15-16(10-13)18(26)24(17(15)25)9-1-8-22-19(27)23-11-12-2-5-14(6-3-12)30(21,28)29/h2-7,10H,1,8-9,11H2,(H2,21,28,29)(H2,22,23,27). The van der Waals surface area contributed by atoms with Crippen LogP contribution in [-0.2, 0) is 16.6 Å². The molecule has 0 spiro atoms. The predicted molar refractivity (Wildman–Crippen MR) is 112 cm³/mol. The summed E-state index contributed by atoms with van der Waals surface area (Å²) in [5.41, 5.74) is 1.45. The third kappa shape index (κ3) is 5.04. The van der Waals surface area contributed by atoms with Crippen LogP contribution in [0.15, 0.2) is 51.8 Å². The number of amides is 4. The lowest BCUT2D eigenvalue weighted by molar-refractivity contribution is 0.0653. The normalized spacial score (nSPS) is 13.3. The van der Waals surface area contributed by atoms with E-state index in [1.165, 1.54) is 17.0 Å². The SMILES string of the molecule is NS(=O)(=O)c1ccc(CNC(=O)NCCCN2C(=O)c3ccc(Br)cc3C2=O)cc1. The van der Waals surface area contributed by atoms with Crippen molar-refractivity contribution < 1.29 is 22.8 Å². The van der Waals surface area contributed by atoms with Gasteiger partial charge in [-0.1, -0.05) is 28.1 Å². The van der Waals surface area contributed by atoms with Crippen LogP contribution in [0, 0.1) is 0 Å². The number of urea groups is 1. The first kappa shape index (κ1) is 21.9. The molecule has 0 aromatic heterocycles. The van der Waals surface area contributed by atoms with Gasteiger partial charge < -0.3 is 10.6 Å². The van der Waals surface area contributed by atoms with E-state index in [0.717, 1.165) is 4.47 Å². The molecule has 1 heterocycles. The highest BCUT2D eigenvalue weighted by Crippen LogP contribution is 2.25. The Kier molecular flexibility index (Phi) is 6.54. The van der Waals surface area contributed by atoms with E-state index >= 15 is 0 Å². The molecule has 3 rings (SSSR count). The molecule has 0 aliphatic carbocycles. The number of rotatable bonds is 7. The van der Waals surface area contributed by atoms with E-state index < -0.39 is 16.1 Å². The van der Waals surface area contributed by atoms with E-state index in [1.54, 1.807) is 30.3 Å². The summed E-state index contributed by atoms with van der Waals surface area (Å²) in [6, 6.07) is 10.4. The largest absolute Gasteiger partial charge is 0.338 e. The van der Waals surface area contributed by atoms with Crippen LogP contribution in [0.5, 0.6) is 0 Å². The zero-order chi connectivity index (χ0) is 21.9. The summed E-state index contributed by atoms with van der Waals surface area (Å²) >= 11 is 3.29. The van der Waals surface area contributed by atoms with Gasteiger partial charge in [0.15, 0.2) is 0 Å². The van der Waals surface area contributed by atoms with Crippen molar-refractivity contribution in [3.63, 3.8) is 0 Å². The number of nitrogens with zero attached hydrogens (tertiary/aromatic N) is 1. The molecule has 11 heteroatoms. The Bertz CT molecular complexity index is 1100. The number of carbonyl (C=O) groups is 3. The van der Waals surface area contributed by atoms with Crippen molar-refractivity contribution in [3.8, 4) is 0 Å². The molecule has 4 N–H and O–H groups in total. The van der Waals surface area contributed by atoms with E-state index in [9.17, 15) is 22.8 Å². The Hall–Kier alpha value is -2.76. The fourth-order valence-electron chi connectivity index (χ4n) is 2.95. The second kappa shape index (κ2) is 8.94. The number of imide groups is 1. The van der Waals surface area contributed by atoms with Gasteiger partial charge in [0.25, 0.3) is 11.8 Å². The van der Waals surface area contributed by atoms with E-state index in [-0.39, 0.29) is 36.3 Å². The van der Waals surface area contributed by atoms with E-state index in [2.05, 4.69) is 26.6 Å². The molecule has 2 aromatic carbocycles. The van der Waals surface area contributed by atoms with E-state index in [0.29, 0.717) is 23.1 Å². The molecule has 158 valence electrons. The van der Waals surface area contributed by atoms with Gasteiger partial charge >= 0.3 is 6.03 Å². The minimum absolute atomic E-state index is 0.00350. The van der Waals surface area contributed by atoms with Gasteiger partial charge in [0.2, 0.25) is 10.0 Å². The molecule has 0 saturated heterocycles. The van der Waals surface area contributed by atoms with Crippen molar-refractivity contribution in [1.82, 2.24) is 15.5 Å². The van der Waals surface area contributed by atoms with Crippen molar-refractivity contribution >= 4 is 43.8 Å². The maximum atomic E-state index is 12.4. The fourth-order valence-corrected chi connectivity index (χ4v) is 3.82. The molecule has 0 saturated carbocycles. The lowest BCUT2D eigenvalue weighted by Crippen LogP contribution is -2.37. The third-order valence-electron chi connectivity index (χ3n) is 4.48. The van der Waals surface area contributed by atoms with Gasteiger partial charge in [-0.05, 0) is 42.3 Å². The average molecular weight is 495 g/mol. The Morgan fingerprint density at radius 3 is 2.33 bits per heavy atom. The van der Waals surface area contributed by atoms with Crippen LogP contribution in [0.25, 0.3) is 0 Å². The number of hydrogen-bond acceptors (Lipinski definition) is 5. The number of sulfonamides is 1. The topological polar surface area (TPSA) is 139 Å². The Morgan fingerprint density at radius 1 is 1.00 bits per heavy atom. The second-order valence-electron chi connectivity index (χ2n) is 6.60. The smallest absolute Gasteiger partial charge is 0.315 e. The van der Waals surface area contributed by atoms with Gasteiger partial charge in [0.05, 0.1) is 16.0 Å². The van der Waals surface area contributed by atoms with Gasteiger partial charge in [-0.15, -0.1) is 0 Å². The Balaban J connectivity index is 1.41. The van der Waals surface area contributed by atoms with Gasteiger partial charge in [-0.2, -0.15) is 0 Å². The molecule has 0 atom stereocenters. The van der Waals surface area contributed by atoms with Crippen molar-refractivity contribution in [1.29, 1.82) is 0 Å². The molecule has 0 bridgehead atoms. The Labute approximate surface area is 181 Å². The quantitative estimate of drug-likeness (QED) is 0.396. The minimum atomic E-state index is -3.75. The van der Waals surface area contributed by atoms with Gasteiger partial charge in [0.1, 0.15) is 0 Å². The second-order valence-corrected chi connectivity index (χ2v) is 9.08. The first-order valence-corrected chi connectivity index (χ1v) is 11.3. The van der Waals surface area contributed by atoms with Crippen molar-refractivity contribution in [2.24, 2.45) is 5.14 Å². The summed E-state index contributed by atoms with van der Waals surface area (Å²) in [4.78, 5) is 37.8. The first-order valence-electron chi connectivity index (χ1n) is 8.96. The maximum Gasteiger partial charge on any atom is 0.315 e. The molecule has 1 aliphatic heterocycles. The van der Waals surface area contributed by atoms with Crippen molar-refractivity contribution in [2.75, 3.05) is 13.1 Å². The molecule has 0 fully saturated rings. The molecule has 30 heavy (non-hydrogen) atoms.